The SMILES string of the molecule is Nc1c(Cl)cc(F)cc1-c1n[nH]c(Cl)n1. The number of H-pyrrole nitrogens is 1. The van der Waals surface area contributed by atoms with Gasteiger partial charge >= 0.3 is 0 Å². The van der Waals surface area contributed by atoms with Crippen LogP contribution in [0.25, 0.3) is 11.4 Å². The Balaban J connectivity index is 2.62. The number of hydrogen-bond acceptors (Lipinski definition) is 3. The van der Waals surface area contributed by atoms with Crippen LogP contribution in [0.2, 0.25) is 10.3 Å². The summed E-state index contributed by atoms with van der Waals surface area (Å²) >= 11 is 11.3. The van der Waals surface area contributed by atoms with Gasteiger partial charge in [-0.15, -0.1) is 0 Å². The third kappa shape index (κ3) is 1.88. The molecule has 0 aliphatic heterocycles. The van der Waals surface area contributed by atoms with E-state index >= 15 is 0 Å². The van der Waals surface area contributed by atoms with Gasteiger partial charge in [-0.25, -0.2) is 9.49 Å². The van der Waals surface area contributed by atoms with Crippen molar-refractivity contribution in [3.63, 3.8) is 0 Å². The van der Waals surface area contributed by atoms with E-state index in [0.717, 1.165) is 6.07 Å². The van der Waals surface area contributed by atoms with Gasteiger partial charge in [-0.05, 0) is 23.7 Å². The predicted octanol–water partition coefficient (Wildman–Crippen LogP) is 2.50. The van der Waals surface area contributed by atoms with Gasteiger partial charge in [0.1, 0.15) is 5.82 Å². The van der Waals surface area contributed by atoms with Crippen molar-refractivity contribution in [3.05, 3.63) is 28.3 Å². The first-order valence-electron chi connectivity index (χ1n) is 3.90. The molecule has 1 aromatic carbocycles. The minimum Gasteiger partial charge on any atom is -0.397 e. The second-order valence-corrected chi connectivity index (χ2v) is 3.56. The molecule has 2 rings (SSSR count). The normalized spacial score (nSPS) is 10.6. The molecule has 0 saturated carbocycles. The molecule has 0 saturated heterocycles. The number of halogens is 3. The maximum absolute atomic E-state index is 13.1. The van der Waals surface area contributed by atoms with Crippen LogP contribution in [0.15, 0.2) is 12.1 Å². The highest BCUT2D eigenvalue weighted by Gasteiger charge is 2.12. The van der Waals surface area contributed by atoms with Crippen molar-refractivity contribution < 1.29 is 4.39 Å². The Morgan fingerprint density at radius 2 is 2.07 bits per heavy atom. The lowest BCUT2D eigenvalue weighted by molar-refractivity contribution is 0.628. The summed E-state index contributed by atoms with van der Waals surface area (Å²) in [6.07, 6.45) is 0. The summed E-state index contributed by atoms with van der Waals surface area (Å²) in [5.41, 5.74) is 6.18. The Bertz CT molecular complexity index is 511. The van der Waals surface area contributed by atoms with Crippen LogP contribution < -0.4 is 5.73 Å². The van der Waals surface area contributed by atoms with Gasteiger partial charge in [0.2, 0.25) is 5.28 Å². The van der Waals surface area contributed by atoms with E-state index < -0.39 is 5.82 Å². The first-order chi connectivity index (χ1) is 7.08. The minimum atomic E-state index is -0.509. The quantitative estimate of drug-likeness (QED) is 0.760. The Morgan fingerprint density at radius 1 is 1.33 bits per heavy atom. The average molecular weight is 247 g/mol. The van der Waals surface area contributed by atoms with Crippen LogP contribution in [-0.4, -0.2) is 15.2 Å². The lowest BCUT2D eigenvalue weighted by Gasteiger charge is -2.03. The standard InChI is InChI=1S/C8H5Cl2FN4/c9-5-2-3(11)1-4(6(5)12)7-13-8(10)15-14-7/h1-2H,12H2,(H,13,14,15). The first kappa shape index (κ1) is 10.2. The lowest BCUT2D eigenvalue weighted by atomic mass is 10.1. The number of hydrogen-bond donors (Lipinski definition) is 2. The predicted molar refractivity (Wildman–Crippen MR) is 56.2 cm³/mol. The van der Waals surface area contributed by atoms with Gasteiger partial charge in [0.15, 0.2) is 5.82 Å². The summed E-state index contributed by atoms with van der Waals surface area (Å²) in [5.74, 6) is -0.302. The Hall–Kier alpha value is -1.33. The molecule has 0 fully saturated rings. The second-order valence-electron chi connectivity index (χ2n) is 2.80. The van der Waals surface area contributed by atoms with Gasteiger partial charge in [-0.1, -0.05) is 11.6 Å². The molecular formula is C8H5Cl2FN4. The molecule has 1 aromatic heterocycles. The third-order valence-electron chi connectivity index (χ3n) is 1.79. The van der Waals surface area contributed by atoms with Crippen LogP contribution in [0.5, 0.6) is 0 Å². The number of nitrogen functional groups attached to an aromatic ring is 1. The summed E-state index contributed by atoms with van der Waals surface area (Å²) in [4.78, 5) is 3.82. The molecule has 0 atom stereocenters. The van der Waals surface area contributed by atoms with E-state index in [4.69, 9.17) is 28.9 Å². The third-order valence-corrected chi connectivity index (χ3v) is 2.28. The number of rotatable bonds is 1. The van der Waals surface area contributed by atoms with Crippen molar-refractivity contribution >= 4 is 28.9 Å². The maximum atomic E-state index is 13.1. The van der Waals surface area contributed by atoms with Crippen LogP contribution in [0.4, 0.5) is 10.1 Å². The Morgan fingerprint density at radius 3 is 2.67 bits per heavy atom. The Labute approximate surface area is 94.2 Å². The number of anilines is 1. The zero-order valence-corrected chi connectivity index (χ0v) is 8.77. The van der Waals surface area contributed by atoms with E-state index in [1.165, 1.54) is 6.07 Å². The largest absolute Gasteiger partial charge is 0.397 e. The van der Waals surface area contributed by atoms with E-state index in [1.54, 1.807) is 0 Å². The molecule has 0 radical (unpaired) electrons. The number of aromatic amines is 1. The van der Waals surface area contributed by atoms with Gasteiger partial charge < -0.3 is 5.73 Å². The number of benzene rings is 1. The summed E-state index contributed by atoms with van der Waals surface area (Å²) in [6, 6.07) is 2.31. The summed E-state index contributed by atoms with van der Waals surface area (Å²) in [6.45, 7) is 0. The fourth-order valence-electron chi connectivity index (χ4n) is 1.13. The van der Waals surface area contributed by atoms with E-state index in [1.807, 2.05) is 0 Å². The van der Waals surface area contributed by atoms with E-state index in [0.29, 0.717) is 5.56 Å². The van der Waals surface area contributed by atoms with E-state index in [2.05, 4.69) is 15.2 Å². The molecule has 0 bridgehead atoms. The first-order valence-corrected chi connectivity index (χ1v) is 4.66. The van der Waals surface area contributed by atoms with Crippen LogP contribution in [-0.2, 0) is 0 Å². The molecular weight excluding hydrogens is 242 g/mol. The maximum Gasteiger partial charge on any atom is 0.218 e. The minimum absolute atomic E-state index is 0.102. The van der Waals surface area contributed by atoms with Crippen molar-refractivity contribution in [3.8, 4) is 11.4 Å². The second kappa shape index (κ2) is 3.67. The number of nitrogens with two attached hydrogens (primary N) is 1. The monoisotopic (exact) mass is 246 g/mol. The average Bonchev–Trinajstić information content (AvgIpc) is 2.58. The van der Waals surface area contributed by atoms with Crippen LogP contribution in [0, 0.1) is 5.82 Å². The zero-order valence-electron chi connectivity index (χ0n) is 7.26. The topological polar surface area (TPSA) is 67.6 Å². The summed E-state index contributed by atoms with van der Waals surface area (Å²) in [7, 11) is 0. The highest BCUT2D eigenvalue weighted by molar-refractivity contribution is 6.33. The van der Waals surface area contributed by atoms with E-state index in [-0.39, 0.29) is 21.8 Å². The number of nitrogens with one attached hydrogen (secondary N) is 1. The fourth-order valence-corrected chi connectivity index (χ4v) is 1.46. The van der Waals surface area contributed by atoms with E-state index in [9.17, 15) is 4.39 Å². The molecule has 4 nitrogen and oxygen atoms in total. The summed E-state index contributed by atoms with van der Waals surface area (Å²) < 4.78 is 13.1. The summed E-state index contributed by atoms with van der Waals surface area (Å²) in [5, 5.41) is 6.39. The fraction of sp³-hybridized carbons (Fsp3) is 0. The smallest absolute Gasteiger partial charge is 0.218 e. The molecule has 1 heterocycles. The van der Waals surface area contributed by atoms with Crippen molar-refractivity contribution in [2.45, 2.75) is 0 Å². The number of aromatic nitrogens is 3. The molecule has 3 N–H and O–H groups in total. The van der Waals surface area contributed by atoms with Crippen molar-refractivity contribution in [1.29, 1.82) is 0 Å². The molecule has 7 heteroatoms. The molecule has 0 aliphatic rings. The highest BCUT2D eigenvalue weighted by Crippen LogP contribution is 2.30. The van der Waals surface area contributed by atoms with Gasteiger partial charge in [-0.2, -0.15) is 10.1 Å². The lowest BCUT2D eigenvalue weighted by Crippen LogP contribution is -1.94. The molecule has 78 valence electrons. The van der Waals surface area contributed by atoms with Crippen molar-refractivity contribution in [2.75, 3.05) is 5.73 Å². The molecule has 2 aromatic rings. The van der Waals surface area contributed by atoms with Crippen LogP contribution in [0.3, 0.4) is 0 Å². The molecule has 0 amide bonds. The molecule has 0 spiro atoms. The highest BCUT2D eigenvalue weighted by atomic mass is 35.5. The molecule has 0 unspecified atom stereocenters. The van der Waals surface area contributed by atoms with Crippen LogP contribution in [0.1, 0.15) is 0 Å². The number of nitrogens with zero attached hydrogens (tertiary/aromatic N) is 2. The molecule has 0 aliphatic carbocycles. The van der Waals surface area contributed by atoms with Crippen molar-refractivity contribution in [1.82, 2.24) is 15.2 Å². The van der Waals surface area contributed by atoms with Crippen molar-refractivity contribution in [2.24, 2.45) is 0 Å². The van der Waals surface area contributed by atoms with Crippen LogP contribution >= 0.6 is 23.2 Å². The van der Waals surface area contributed by atoms with Gasteiger partial charge in [0.05, 0.1) is 10.7 Å². The molecule has 15 heavy (non-hydrogen) atoms. The van der Waals surface area contributed by atoms with Gasteiger partial charge in [-0.3, -0.25) is 0 Å². The zero-order chi connectivity index (χ0) is 11.0. The van der Waals surface area contributed by atoms with Gasteiger partial charge in [0, 0.05) is 5.56 Å². The van der Waals surface area contributed by atoms with Gasteiger partial charge in [0.25, 0.3) is 0 Å². The Kier molecular flexibility index (Phi) is 2.50.